The van der Waals surface area contributed by atoms with Gasteiger partial charge in [-0.25, -0.2) is 0 Å². The van der Waals surface area contributed by atoms with Crippen molar-refractivity contribution >= 4 is 23.6 Å². The number of aliphatic hydroxyl groups excluding tert-OH is 1. The number of rotatable bonds is 19. The zero-order chi connectivity index (χ0) is 24.0. The molecule has 0 aromatic carbocycles. The lowest BCUT2D eigenvalue weighted by Crippen LogP contribution is -2.44. The largest absolute Gasteiger partial charge is 0.480 e. The van der Waals surface area contributed by atoms with Crippen LogP contribution >= 0.6 is 11.8 Å². The standard InChI is InChI=1S/C25H42N2O4S/c1-3-5-7-8-9-10-11-12-13-14-15-16-18-23(22(28)17-6-4-2)32-20-21(26)25(31)27-19-24(29)30/h9-10,12-16,18,21-23,28H,3-8,11,17,19-20,26H2,1-2H3,(H,27,31)(H,29,30)/t21-,22-,23+/m0/s1. The minimum absolute atomic E-state index is 0.195. The van der Waals surface area contributed by atoms with Crippen molar-refractivity contribution in [3.8, 4) is 0 Å². The van der Waals surface area contributed by atoms with Gasteiger partial charge in [0.25, 0.3) is 0 Å². The summed E-state index contributed by atoms with van der Waals surface area (Å²) in [6, 6.07) is -0.831. The number of allylic oxidation sites excluding steroid dienone is 7. The Bertz CT molecular complexity index is 617. The summed E-state index contributed by atoms with van der Waals surface area (Å²) in [6.07, 6.45) is 24.1. The monoisotopic (exact) mass is 466 g/mol. The van der Waals surface area contributed by atoms with Gasteiger partial charge in [0, 0.05) is 11.0 Å². The molecule has 0 unspecified atom stereocenters. The highest BCUT2D eigenvalue weighted by Gasteiger charge is 2.20. The SMILES string of the molecule is CCCCCC=CCC=CC=CC=C[C@@H](SC[C@H](N)C(=O)NCC(=O)O)[C@@H](O)CCCC. The summed E-state index contributed by atoms with van der Waals surface area (Å²) < 4.78 is 0. The van der Waals surface area contributed by atoms with Crippen LogP contribution in [-0.2, 0) is 9.59 Å². The fraction of sp³-hybridized carbons (Fsp3) is 0.600. The first-order valence-corrected chi connectivity index (χ1v) is 12.7. The minimum Gasteiger partial charge on any atom is -0.480 e. The molecule has 0 heterocycles. The summed E-state index contributed by atoms with van der Waals surface area (Å²) in [4.78, 5) is 22.4. The number of carboxylic acid groups (broad SMARTS) is 1. The van der Waals surface area contributed by atoms with Crippen LogP contribution in [0.25, 0.3) is 0 Å². The van der Waals surface area contributed by atoms with Gasteiger partial charge in [-0.2, -0.15) is 0 Å². The molecule has 0 fully saturated rings. The fourth-order valence-corrected chi connectivity index (χ4v) is 3.86. The number of hydrogen-bond acceptors (Lipinski definition) is 5. The lowest BCUT2D eigenvalue weighted by molar-refractivity contribution is -0.138. The van der Waals surface area contributed by atoms with E-state index in [1.807, 2.05) is 30.4 Å². The van der Waals surface area contributed by atoms with Crippen molar-refractivity contribution in [3.05, 3.63) is 48.6 Å². The third kappa shape index (κ3) is 17.8. The van der Waals surface area contributed by atoms with E-state index in [9.17, 15) is 14.7 Å². The first kappa shape index (κ1) is 30.2. The maximum atomic E-state index is 11.9. The van der Waals surface area contributed by atoms with E-state index in [1.165, 1.54) is 31.0 Å². The summed E-state index contributed by atoms with van der Waals surface area (Å²) in [7, 11) is 0. The molecule has 0 aliphatic rings. The molecule has 1 amide bonds. The van der Waals surface area contributed by atoms with E-state index in [-0.39, 0.29) is 11.0 Å². The molecule has 6 nitrogen and oxygen atoms in total. The molecule has 3 atom stereocenters. The first-order valence-electron chi connectivity index (χ1n) is 11.6. The maximum absolute atomic E-state index is 11.9. The molecule has 0 aromatic rings. The van der Waals surface area contributed by atoms with Crippen LogP contribution in [0.5, 0.6) is 0 Å². The van der Waals surface area contributed by atoms with Crippen LogP contribution in [0.2, 0.25) is 0 Å². The molecule has 0 saturated carbocycles. The van der Waals surface area contributed by atoms with Gasteiger partial charge in [0.05, 0.1) is 12.1 Å². The first-order chi connectivity index (χ1) is 15.4. The second-order valence-electron chi connectivity index (χ2n) is 7.63. The number of carbonyl (C=O) groups is 2. The Morgan fingerprint density at radius 1 is 1.00 bits per heavy atom. The number of carboxylic acids is 1. The van der Waals surface area contributed by atoms with Gasteiger partial charge in [-0.05, 0) is 25.7 Å². The van der Waals surface area contributed by atoms with Crippen molar-refractivity contribution in [1.82, 2.24) is 5.32 Å². The van der Waals surface area contributed by atoms with E-state index < -0.39 is 30.6 Å². The van der Waals surface area contributed by atoms with Crippen LogP contribution in [-0.4, -0.2) is 51.8 Å². The van der Waals surface area contributed by atoms with Gasteiger partial charge >= 0.3 is 5.97 Å². The van der Waals surface area contributed by atoms with Crippen molar-refractivity contribution in [2.24, 2.45) is 5.73 Å². The lowest BCUT2D eigenvalue weighted by atomic mass is 10.1. The number of carbonyl (C=O) groups excluding carboxylic acids is 1. The zero-order valence-corrected chi connectivity index (χ0v) is 20.4. The van der Waals surface area contributed by atoms with E-state index in [2.05, 4.69) is 37.4 Å². The van der Waals surface area contributed by atoms with Gasteiger partial charge in [0.2, 0.25) is 5.91 Å². The zero-order valence-electron chi connectivity index (χ0n) is 19.6. The number of hydrogen-bond donors (Lipinski definition) is 4. The molecule has 182 valence electrons. The number of nitrogens with two attached hydrogens (primary N) is 1. The lowest BCUT2D eigenvalue weighted by Gasteiger charge is -2.21. The number of amides is 1. The van der Waals surface area contributed by atoms with Crippen LogP contribution in [0.4, 0.5) is 0 Å². The fourth-order valence-electron chi connectivity index (χ4n) is 2.72. The predicted molar refractivity (Wildman–Crippen MR) is 136 cm³/mol. The molecule has 7 heteroatoms. The predicted octanol–water partition coefficient (Wildman–Crippen LogP) is 4.36. The molecule has 0 rings (SSSR count). The van der Waals surface area contributed by atoms with E-state index in [1.54, 1.807) is 0 Å². The summed E-state index contributed by atoms with van der Waals surface area (Å²) in [5.41, 5.74) is 5.86. The van der Waals surface area contributed by atoms with Crippen molar-refractivity contribution in [1.29, 1.82) is 0 Å². The van der Waals surface area contributed by atoms with E-state index in [4.69, 9.17) is 10.8 Å². The van der Waals surface area contributed by atoms with Crippen LogP contribution in [0.3, 0.4) is 0 Å². The molecule has 0 bridgehead atoms. The molecular weight excluding hydrogens is 424 g/mol. The van der Waals surface area contributed by atoms with Crippen LogP contribution in [0.1, 0.15) is 65.2 Å². The van der Waals surface area contributed by atoms with E-state index >= 15 is 0 Å². The van der Waals surface area contributed by atoms with Crippen molar-refractivity contribution in [2.45, 2.75) is 82.6 Å². The van der Waals surface area contributed by atoms with Gasteiger partial charge < -0.3 is 21.3 Å². The second kappa shape index (κ2) is 21.0. The van der Waals surface area contributed by atoms with Gasteiger partial charge in [-0.3, -0.25) is 9.59 Å². The molecule has 0 aliphatic carbocycles. The average molecular weight is 467 g/mol. The van der Waals surface area contributed by atoms with Crippen LogP contribution in [0.15, 0.2) is 48.6 Å². The Morgan fingerprint density at radius 2 is 1.72 bits per heavy atom. The Morgan fingerprint density at radius 3 is 2.41 bits per heavy atom. The third-order valence-electron chi connectivity index (χ3n) is 4.63. The minimum atomic E-state index is -1.11. The molecule has 32 heavy (non-hydrogen) atoms. The Balaban J connectivity index is 4.56. The molecule has 0 saturated heterocycles. The number of aliphatic carboxylic acids is 1. The van der Waals surface area contributed by atoms with Crippen molar-refractivity contribution in [3.63, 3.8) is 0 Å². The molecule has 0 spiro atoms. The molecule has 0 aromatic heterocycles. The number of unbranched alkanes of at least 4 members (excludes halogenated alkanes) is 4. The maximum Gasteiger partial charge on any atom is 0.322 e. The smallest absolute Gasteiger partial charge is 0.322 e. The summed E-state index contributed by atoms with van der Waals surface area (Å²) in [5, 5.41) is 21.2. The molecule has 5 N–H and O–H groups in total. The van der Waals surface area contributed by atoms with E-state index in [0.29, 0.717) is 6.42 Å². The van der Waals surface area contributed by atoms with Crippen molar-refractivity contribution < 1.29 is 19.8 Å². The number of aliphatic hydroxyl groups is 1. The Labute approximate surface area is 198 Å². The summed E-state index contributed by atoms with van der Waals surface area (Å²) >= 11 is 1.40. The Kier molecular flexibility index (Phi) is 19.8. The number of nitrogens with one attached hydrogen (secondary N) is 1. The van der Waals surface area contributed by atoms with Gasteiger partial charge in [-0.1, -0.05) is 88.1 Å². The highest BCUT2D eigenvalue weighted by molar-refractivity contribution is 8.00. The summed E-state index contributed by atoms with van der Waals surface area (Å²) in [6.45, 7) is 3.83. The van der Waals surface area contributed by atoms with Gasteiger partial charge in [0.1, 0.15) is 6.54 Å². The highest BCUT2D eigenvalue weighted by atomic mass is 32.2. The summed E-state index contributed by atoms with van der Waals surface area (Å²) in [5.74, 6) is -1.33. The van der Waals surface area contributed by atoms with Crippen LogP contribution < -0.4 is 11.1 Å². The molecular formula is C25H42N2O4S. The highest BCUT2D eigenvalue weighted by Crippen LogP contribution is 2.21. The van der Waals surface area contributed by atoms with Gasteiger partial charge in [0.15, 0.2) is 0 Å². The van der Waals surface area contributed by atoms with Gasteiger partial charge in [-0.15, -0.1) is 11.8 Å². The molecule has 0 radical (unpaired) electrons. The topological polar surface area (TPSA) is 113 Å². The van der Waals surface area contributed by atoms with Crippen LogP contribution in [0, 0.1) is 0 Å². The Hall–Kier alpha value is -1.83. The van der Waals surface area contributed by atoms with Crippen molar-refractivity contribution in [2.75, 3.05) is 12.3 Å². The number of thioether (sulfide) groups is 1. The van der Waals surface area contributed by atoms with E-state index in [0.717, 1.165) is 25.7 Å². The second-order valence-corrected chi connectivity index (χ2v) is 8.84. The molecule has 0 aliphatic heterocycles. The average Bonchev–Trinajstić information content (AvgIpc) is 2.78. The third-order valence-corrected chi connectivity index (χ3v) is 6.04. The normalized spacial score (nSPS) is 15.1. The quantitative estimate of drug-likeness (QED) is 0.128.